The zero-order valence-corrected chi connectivity index (χ0v) is 17.6. The number of amides is 1. The number of pyridine rings is 1. The number of nitrogens with zero attached hydrogens (tertiary/aromatic N) is 2. The van der Waals surface area contributed by atoms with Crippen LogP contribution in [0.5, 0.6) is 0 Å². The molecule has 7 nitrogen and oxygen atoms in total. The third-order valence-electron chi connectivity index (χ3n) is 5.22. The Kier molecular flexibility index (Phi) is 7.54. The number of carbonyl (C=O) groups is 1. The van der Waals surface area contributed by atoms with Gasteiger partial charge in [-0.1, -0.05) is 47.0 Å². The van der Waals surface area contributed by atoms with Crippen molar-refractivity contribution in [2.24, 2.45) is 5.92 Å². The molecule has 0 aliphatic rings. The number of aryl methyl sites for hydroxylation is 1. The highest BCUT2D eigenvalue weighted by atomic mass is 16.2. The first-order valence-corrected chi connectivity index (χ1v) is 10.3. The summed E-state index contributed by atoms with van der Waals surface area (Å²) in [6, 6.07) is 1.68. The highest BCUT2D eigenvalue weighted by Gasteiger charge is 2.20. The van der Waals surface area contributed by atoms with Crippen molar-refractivity contribution in [3.8, 4) is 0 Å². The molecular formula is C21H32N4O3. The van der Waals surface area contributed by atoms with E-state index in [4.69, 9.17) is 0 Å². The van der Waals surface area contributed by atoms with Crippen molar-refractivity contribution in [3.05, 3.63) is 38.2 Å². The topological polar surface area (TPSA) is 96.8 Å². The number of hydrogen-bond acceptors (Lipinski definition) is 4. The first kappa shape index (κ1) is 21.9. The fourth-order valence-corrected chi connectivity index (χ4v) is 3.34. The fraction of sp³-hybridized carbons (Fsp3) is 0.619. The summed E-state index contributed by atoms with van der Waals surface area (Å²) >= 11 is 0. The van der Waals surface area contributed by atoms with Gasteiger partial charge in [-0.15, -0.1) is 0 Å². The fourth-order valence-electron chi connectivity index (χ4n) is 3.34. The largest absolute Gasteiger partial charge is 0.352 e. The Hall–Kier alpha value is -2.44. The number of H-pyrrole nitrogens is 1. The predicted molar refractivity (Wildman–Crippen MR) is 112 cm³/mol. The van der Waals surface area contributed by atoms with Gasteiger partial charge in [-0.3, -0.25) is 19.1 Å². The molecule has 0 spiro atoms. The first-order valence-electron chi connectivity index (χ1n) is 10.3. The Bertz CT molecular complexity index is 943. The molecule has 2 aromatic heterocycles. The van der Waals surface area contributed by atoms with Gasteiger partial charge in [-0.25, -0.2) is 9.78 Å². The minimum absolute atomic E-state index is 0.0589. The van der Waals surface area contributed by atoms with Crippen molar-refractivity contribution in [1.82, 2.24) is 19.9 Å². The summed E-state index contributed by atoms with van der Waals surface area (Å²) in [6.45, 7) is 10.9. The lowest BCUT2D eigenvalue weighted by atomic mass is 9.99. The van der Waals surface area contributed by atoms with E-state index in [1.807, 2.05) is 20.8 Å². The van der Waals surface area contributed by atoms with Gasteiger partial charge in [-0.2, -0.15) is 0 Å². The van der Waals surface area contributed by atoms with Crippen LogP contribution in [0.15, 0.2) is 15.7 Å². The van der Waals surface area contributed by atoms with Crippen molar-refractivity contribution in [2.75, 3.05) is 6.54 Å². The Balaban J connectivity index is 2.51. The van der Waals surface area contributed by atoms with E-state index in [9.17, 15) is 14.4 Å². The molecule has 0 fully saturated rings. The van der Waals surface area contributed by atoms with Gasteiger partial charge in [0.1, 0.15) is 0 Å². The molecule has 1 unspecified atom stereocenters. The lowest BCUT2D eigenvalue weighted by Crippen LogP contribution is -2.34. The third-order valence-corrected chi connectivity index (χ3v) is 5.22. The molecule has 0 radical (unpaired) electrons. The molecule has 0 aliphatic carbocycles. The maximum absolute atomic E-state index is 13.0. The molecule has 7 heteroatoms. The van der Waals surface area contributed by atoms with E-state index in [0.29, 0.717) is 24.7 Å². The molecule has 1 atom stereocenters. The molecule has 0 aromatic carbocycles. The average molecular weight is 389 g/mol. The SMILES string of the molecule is CCCCC(CC)CNC(=O)c1cc(C(C)C)nc2c1c(=O)[nH]c(=O)n2CC. The summed E-state index contributed by atoms with van der Waals surface area (Å²) in [5.74, 6) is 0.174. The Morgan fingerprint density at radius 2 is 1.96 bits per heavy atom. The van der Waals surface area contributed by atoms with Gasteiger partial charge in [0.15, 0.2) is 5.65 Å². The first-order chi connectivity index (χ1) is 13.3. The van der Waals surface area contributed by atoms with Gasteiger partial charge in [0.2, 0.25) is 0 Å². The van der Waals surface area contributed by atoms with Crippen LogP contribution in [0.25, 0.3) is 11.0 Å². The minimum Gasteiger partial charge on any atom is -0.352 e. The van der Waals surface area contributed by atoms with Crippen LogP contribution >= 0.6 is 0 Å². The molecule has 0 saturated carbocycles. The molecule has 2 rings (SSSR count). The normalized spacial score (nSPS) is 12.5. The summed E-state index contributed by atoms with van der Waals surface area (Å²) in [4.78, 5) is 44.5. The van der Waals surface area contributed by atoms with Crippen molar-refractivity contribution in [2.45, 2.75) is 72.8 Å². The summed E-state index contributed by atoms with van der Waals surface area (Å²) in [6.07, 6.45) is 4.32. The van der Waals surface area contributed by atoms with Crippen LogP contribution in [0.2, 0.25) is 0 Å². The van der Waals surface area contributed by atoms with Gasteiger partial charge in [0.05, 0.1) is 10.9 Å². The average Bonchev–Trinajstić information content (AvgIpc) is 2.67. The molecule has 2 aromatic rings. The summed E-state index contributed by atoms with van der Waals surface area (Å²) in [5.41, 5.74) is 0.150. The van der Waals surface area contributed by atoms with Crippen LogP contribution in [0.3, 0.4) is 0 Å². The van der Waals surface area contributed by atoms with Crippen LogP contribution in [0.1, 0.15) is 82.3 Å². The number of carbonyl (C=O) groups excluding carboxylic acids is 1. The number of unbranched alkanes of at least 4 members (excludes halogenated alkanes) is 1. The Morgan fingerprint density at radius 1 is 1.25 bits per heavy atom. The number of aromatic amines is 1. The number of nitrogens with one attached hydrogen (secondary N) is 2. The summed E-state index contributed by atoms with van der Waals surface area (Å²) in [5, 5.41) is 3.16. The Labute approximate surface area is 165 Å². The zero-order chi connectivity index (χ0) is 20.8. The number of rotatable bonds is 9. The molecule has 1 amide bonds. The van der Waals surface area contributed by atoms with Crippen molar-refractivity contribution in [1.29, 1.82) is 0 Å². The second-order valence-corrected chi connectivity index (χ2v) is 7.58. The van der Waals surface area contributed by atoms with Gasteiger partial charge in [0, 0.05) is 18.8 Å². The lowest BCUT2D eigenvalue weighted by Gasteiger charge is -2.17. The van der Waals surface area contributed by atoms with Crippen molar-refractivity contribution < 1.29 is 4.79 Å². The van der Waals surface area contributed by atoms with E-state index >= 15 is 0 Å². The highest BCUT2D eigenvalue weighted by molar-refractivity contribution is 6.05. The maximum Gasteiger partial charge on any atom is 0.329 e. The molecular weight excluding hydrogens is 356 g/mol. The van der Waals surface area contributed by atoms with E-state index in [1.54, 1.807) is 6.07 Å². The van der Waals surface area contributed by atoms with E-state index in [1.165, 1.54) is 4.57 Å². The number of fused-ring (bicyclic) bond motifs is 1. The van der Waals surface area contributed by atoms with Gasteiger partial charge < -0.3 is 5.32 Å². The molecule has 28 heavy (non-hydrogen) atoms. The van der Waals surface area contributed by atoms with Crippen LogP contribution in [-0.4, -0.2) is 27.0 Å². The molecule has 0 aliphatic heterocycles. The Morgan fingerprint density at radius 3 is 2.54 bits per heavy atom. The van der Waals surface area contributed by atoms with E-state index < -0.39 is 11.2 Å². The lowest BCUT2D eigenvalue weighted by molar-refractivity contribution is 0.0947. The van der Waals surface area contributed by atoms with Crippen LogP contribution < -0.4 is 16.6 Å². The van der Waals surface area contributed by atoms with Gasteiger partial charge >= 0.3 is 5.69 Å². The summed E-state index contributed by atoms with van der Waals surface area (Å²) < 4.78 is 1.40. The monoisotopic (exact) mass is 388 g/mol. The molecule has 2 N–H and O–H groups in total. The highest BCUT2D eigenvalue weighted by Crippen LogP contribution is 2.20. The quantitative estimate of drug-likeness (QED) is 0.689. The van der Waals surface area contributed by atoms with Gasteiger partial charge in [-0.05, 0) is 31.2 Å². The number of aromatic nitrogens is 3. The third kappa shape index (κ3) is 4.69. The van der Waals surface area contributed by atoms with E-state index in [-0.39, 0.29) is 28.4 Å². The molecule has 0 saturated heterocycles. The van der Waals surface area contributed by atoms with E-state index in [2.05, 4.69) is 29.1 Å². The maximum atomic E-state index is 13.0. The van der Waals surface area contributed by atoms with Crippen LogP contribution in [-0.2, 0) is 6.54 Å². The van der Waals surface area contributed by atoms with Gasteiger partial charge in [0.25, 0.3) is 11.5 Å². The van der Waals surface area contributed by atoms with E-state index in [0.717, 1.165) is 25.7 Å². The van der Waals surface area contributed by atoms with Crippen molar-refractivity contribution >= 4 is 16.9 Å². The van der Waals surface area contributed by atoms with Crippen molar-refractivity contribution in [3.63, 3.8) is 0 Å². The molecule has 2 heterocycles. The smallest absolute Gasteiger partial charge is 0.329 e. The second-order valence-electron chi connectivity index (χ2n) is 7.58. The number of hydrogen-bond donors (Lipinski definition) is 2. The minimum atomic E-state index is -0.573. The van der Waals surface area contributed by atoms with Crippen LogP contribution in [0.4, 0.5) is 0 Å². The summed E-state index contributed by atoms with van der Waals surface area (Å²) in [7, 11) is 0. The molecule has 154 valence electrons. The second kappa shape index (κ2) is 9.66. The predicted octanol–water partition coefficient (Wildman–Crippen LogP) is 3.17. The zero-order valence-electron chi connectivity index (χ0n) is 17.6. The van der Waals surface area contributed by atoms with Crippen LogP contribution in [0, 0.1) is 5.92 Å². The standard InChI is InChI=1S/C21H32N4O3/c1-6-9-10-14(7-2)12-22-19(26)15-11-16(13(4)5)23-18-17(15)20(27)24-21(28)25(18)8-3/h11,13-14H,6-10,12H2,1-5H3,(H,22,26)(H,24,27,28). The molecule has 0 bridgehead atoms.